The van der Waals surface area contributed by atoms with E-state index >= 15 is 0 Å². The Bertz CT molecular complexity index is 1170. The van der Waals surface area contributed by atoms with Gasteiger partial charge in [0.2, 0.25) is 5.91 Å². The number of nitrogens with one attached hydrogen (secondary N) is 1. The van der Waals surface area contributed by atoms with Gasteiger partial charge in [0.25, 0.3) is 11.8 Å². The molecule has 1 aromatic carbocycles. The minimum absolute atomic E-state index is 0.0163. The van der Waals surface area contributed by atoms with Crippen molar-refractivity contribution in [1.29, 1.82) is 0 Å². The van der Waals surface area contributed by atoms with Crippen molar-refractivity contribution in [2.75, 3.05) is 44.4 Å². The van der Waals surface area contributed by atoms with Crippen molar-refractivity contribution in [3.8, 4) is 5.75 Å². The minimum atomic E-state index is -0.597. The molecule has 0 aliphatic carbocycles. The zero-order valence-electron chi connectivity index (χ0n) is 21.3. The number of primary amides is 2. The normalized spacial score (nSPS) is 23.2. The largest absolute Gasteiger partial charge is 0.491 e. The van der Waals surface area contributed by atoms with Gasteiger partial charge in [-0.1, -0.05) is 0 Å². The Balaban J connectivity index is 1.21. The molecule has 5 N–H and O–H groups in total. The fourth-order valence-corrected chi connectivity index (χ4v) is 5.72. The number of hydrogen-bond donors (Lipinski definition) is 3. The third-order valence-corrected chi connectivity index (χ3v) is 7.64. The molecule has 2 bridgehead atoms. The molecule has 4 heterocycles. The van der Waals surface area contributed by atoms with Crippen molar-refractivity contribution >= 4 is 23.5 Å². The molecule has 3 saturated heterocycles. The summed E-state index contributed by atoms with van der Waals surface area (Å²) in [4.78, 5) is 45.5. The lowest BCUT2D eigenvalue weighted by molar-refractivity contribution is 0.0322. The summed E-state index contributed by atoms with van der Waals surface area (Å²) in [6.07, 6.45) is 5.14. The Morgan fingerprint density at radius 1 is 1.00 bits per heavy atom. The van der Waals surface area contributed by atoms with Crippen LogP contribution in [0.5, 0.6) is 5.75 Å². The first kappa shape index (κ1) is 25.9. The molecule has 3 amide bonds. The highest BCUT2D eigenvalue weighted by molar-refractivity contribution is 5.99. The van der Waals surface area contributed by atoms with Gasteiger partial charge >= 0.3 is 0 Å². The van der Waals surface area contributed by atoms with Crippen LogP contribution in [0.2, 0.25) is 0 Å². The summed E-state index contributed by atoms with van der Waals surface area (Å²) in [6, 6.07) is 8.82. The Morgan fingerprint density at radius 3 is 2.34 bits per heavy atom. The van der Waals surface area contributed by atoms with E-state index in [4.69, 9.17) is 20.9 Å². The highest BCUT2D eigenvalue weighted by atomic mass is 16.5. The van der Waals surface area contributed by atoms with Gasteiger partial charge in [-0.05, 0) is 56.0 Å². The molecule has 3 aliphatic heterocycles. The SMILES string of the molecule is NC(=O)c1ccc(N2C3CCC2CC(NC(=O)c2ccc(C(N)=O)c(OCCN4CCOCC4)c2)C3)nc1. The highest BCUT2D eigenvalue weighted by Crippen LogP contribution is 2.38. The number of amides is 3. The first-order chi connectivity index (χ1) is 18.4. The number of rotatable bonds is 9. The first-order valence-corrected chi connectivity index (χ1v) is 13.1. The molecule has 38 heavy (non-hydrogen) atoms. The second-order valence-electron chi connectivity index (χ2n) is 10.1. The zero-order valence-corrected chi connectivity index (χ0v) is 21.3. The number of ether oxygens (including phenoxy) is 2. The second-order valence-corrected chi connectivity index (χ2v) is 10.1. The van der Waals surface area contributed by atoms with Crippen molar-refractivity contribution in [3.63, 3.8) is 0 Å². The molecular weight excluding hydrogens is 488 g/mol. The van der Waals surface area contributed by atoms with E-state index in [9.17, 15) is 14.4 Å². The molecule has 202 valence electrons. The van der Waals surface area contributed by atoms with E-state index in [1.807, 2.05) is 6.07 Å². The van der Waals surface area contributed by atoms with Crippen LogP contribution in [0.1, 0.15) is 56.8 Å². The first-order valence-electron chi connectivity index (χ1n) is 13.1. The molecule has 2 unspecified atom stereocenters. The molecule has 2 aromatic rings. The number of anilines is 1. The Morgan fingerprint density at radius 2 is 1.71 bits per heavy atom. The number of pyridine rings is 1. The van der Waals surface area contributed by atoms with Crippen molar-refractivity contribution < 1.29 is 23.9 Å². The number of carbonyl (C=O) groups is 3. The number of aromatic nitrogens is 1. The van der Waals surface area contributed by atoms with Crippen LogP contribution in [0.3, 0.4) is 0 Å². The molecule has 0 spiro atoms. The predicted molar refractivity (Wildman–Crippen MR) is 140 cm³/mol. The number of fused-ring (bicyclic) bond motifs is 2. The Hall–Kier alpha value is -3.70. The quantitative estimate of drug-likeness (QED) is 0.439. The molecule has 2 atom stereocenters. The van der Waals surface area contributed by atoms with E-state index in [-0.39, 0.29) is 29.6 Å². The summed E-state index contributed by atoms with van der Waals surface area (Å²) in [5.74, 6) is -0.157. The predicted octanol–water partition coefficient (Wildman–Crippen LogP) is 0.920. The van der Waals surface area contributed by atoms with Crippen molar-refractivity contribution in [2.24, 2.45) is 11.5 Å². The molecule has 1 aromatic heterocycles. The number of benzene rings is 1. The summed E-state index contributed by atoms with van der Waals surface area (Å²) in [5.41, 5.74) is 12.0. The topological polar surface area (TPSA) is 153 Å². The highest BCUT2D eigenvalue weighted by Gasteiger charge is 2.41. The van der Waals surface area contributed by atoms with Crippen LogP contribution in [0.4, 0.5) is 5.82 Å². The van der Waals surface area contributed by atoms with E-state index in [2.05, 4.69) is 20.1 Å². The van der Waals surface area contributed by atoms with Gasteiger partial charge in [-0.25, -0.2) is 4.98 Å². The van der Waals surface area contributed by atoms with Gasteiger partial charge < -0.3 is 31.2 Å². The van der Waals surface area contributed by atoms with Gasteiger partial charge in [0, 0.05) is 49.5 Å². The van der Waals surface area contributed by atoms with E-state index in [1.165, 1.54) is 6.20 Å². The van der Waals surface area contributed by atoms with Gasteiger partial charge in [-0.2, -0.15) is 0 Å². The van der Waals surface area contributed by atoms with Crippen molar-refractivity contribution in [3.05, 3.63) is 53.2 Å². The third-order valence-electron chi connectivity index (χ3n) is 7.64. The van der Waals surface area contributed by atoms with E-state index in [0.717, 1.165) is 44.6 Å². The van der Waals surface area contributed by atoms with E-state index < -0.39 is 11.8 Å². The molecule has 11 nitrogen and oxygen atoms in total. The maximum absolute atomic E-state index is 13.2. The number of nitrogens with two attached hydrogens (primary N) is 2. The molecular formula is C27H34N6O5. The third kappa shape index (κ3) is 5.73. The summed E-state index contributed by atoms with van der Waals surface area (Å²) in [6.45, 7) is 4.14. The van der Waals surface area contributed by atoms with Crippen LogP contribution in [-0.4, -0.2) is 85.2 Å². The van der Waals surface area contributed by atoms with Gasteiger partial charge in [-0.15, -0.1) is 0 Å². The van der Waals surface area contributed by atoms with E-state index in [0.29, 0.717) is 43.2 Å². The van der Waals surface area contributed by atoms with Crippen LogP contribution in [-0.2, 0) is 4.74 Å². The maximum atomic E-state index is 13.2. The van der Waals surface area contributed by atoms with Gasteiger partial charge in [0.05, 0.1) is 24.3 Å². The van der Waals surface area contributed by atoms with Gasteiger partial charge in [0.1, 0.15) is 18.2 Å². The average molecular weight is 523 g/mol. The van der Waals surface area contributed by atoms with E-state index in [1.54, 1.807) is 24.3 Å². The number of morpholine rings is 1. The van der Waals surface area contributed by atoms with Crippen LogP contribution >= 0.6 is 0 Å². The van der Waals surface area contributed by atoms with Crippen molar-refractivity contribution in [2.45, 2.75) is 43.8 Å². The van der Waals surface area contributed by atoms with Crippen LogP contribution in [0.15, 0.2) is 36.5 Å². The lowest BCUT2D eigenvalue weighted by Crippen LogP contribution is -2.50. The fourth-order valence-electron chi connectivity index (χ4n) is 5.72. The number of piperidine rings is 1. The maximum Gasteiger partial charge on any atom is 0.252 e. The molecule has 0 radical (unpaired) electrons. The van der Waals surface area contributed by atoms with Crippen LogP contribution < -0.4 is 26.4 Å². The molecule has 11 heteroatoms. The lowest BCUT2D eigenvalue weighted by Gasteiger charge is -2.40. The number of nitrogens with zero attached hydrogens (tertiary/aromatic N) is 3. The summed E-state index contributed by atoms with van der Waals surface area (Å²) >= 11 is 0. The Labute approximate surface area is 221 Å². The zero-order chi connectivity index (χ0) is 26.6. The standard InChI is InChI=1S/C27H34N6O5/c28-25(34)18-2-6-24(30-16-18)33-20-3-4-21(33)15-19(14-20)31-27(36)17-1-5-22(26(29)35)23(13-17)38-12-9-32-7-10-37-11-8-32/h1-2,5-6,13,16,19-21H,3-4,7-12,14-15H2,(H2,28,34)(H2,29,35)(H,31,36). The van der Waals surface area contributed by atoms with Crippen LogP contribution in [0.25, 0.3) is 0 Å². The fraction of sp³-hybridized carbons (Fsp3) is 0.481. The average Bonchev–Trinajstić information content (AvgIpc) is 3.19. The Kier molecular flexibility index (Phi) is 7.75. The van der Waals surface area contributed by atoms with Gasteiger partial charge in [0.15, 0.2) is 0 Å². The van der Waals surface area contributed by atoms with Crippen molar-refractivity contribution in [1.82, 2.24) is 15.2 Å². The lowest BCUT2D eigenvalue weighted by atomic mass is 9.96. The smallest absolute Gasteiger partial charge is 0.252 e. The summed E-state index contributed by atoms with van der Waals surface area (Å²) < 4.78 is 11.3. The second kappa shape index (κ2) is 11.4. The molecule has 3 aliphatic rings. The molecule has 5 rings (SSSR count). The minimum Gasteiger partial charge on any atom is -0.491 e. The monoisotopic (exact) mass is 522 g/mol. The molecule has 0 saturated carbocycles. The summed E-state index contributed by atoms with van der Waals surface area (Å²) in [7, 11) is 0. The molecule has 3 fully saturated rings. The van der Waals surface area contributed by atoms with Gasteiger partial charge in [-0.3, -0.25) is 19.3 Å². The number of hydrogen-bond acceptors (Lipinski definition) is 8. The summed E-state index contributed by atoms with van der Waals surface area (Å²) in [5, 5.41) is 3.17. The van der Waals surface area contributed by atoms with Crippen LogP contribution in [0, 0.1) is 0 Å². The number of carbonyl (C=O) groups excluding carboxylic acids is 3.